The van der Waals surface area contributed by atoms with E-state index in [1.54, 1.807) is 19.1 Å². The van der Waals surface area contributed by atoms with Crippen LogP contribution in [0.15, 0.2) is 36.4 Å². The van der Waals surface area contributed by atoms with Crippen molar-refractivity contribution in [3.05, 3.63) is 59.2 Å². The molecule has 0 aliphatic rings. The summed E-state index contributed by atoms with van der Waals surface area (Å²) in [6.45, 7) is 1.07. The number of ether oxygens (including phenoxy) is 2. The van der Waals surface area contributed by atoms with Gasteiger partial charge in [-0.1, -0.05) is 0 Å². The van der Waals surface area contributed by atoms with Crippen LogP contribution in [0.2, 0.25) is 0 Å². The van der Waals surface area contributed by atoms with Crippen LogP contribution >= 0.6 is 0 Å². The summed E-state index contributed by atoms with van der Waals surface area (Å²) < 4.78 is 36.4. The molecule has 2 aromatic carbocycles. The van der Waals surface area contributed by atoms with E-state index in [1.165, 1.54) is 13.2 Å². The van der Waals surface area contributed by atoms with Crippen LogP contribution in [-0.2, 0) is 9.53 Å². The average molecular weight is 335 g/mol. The van der Waals surface area contributed by atoms with Crippen LogP contribution in [0.4, 0.5) is 14.5 Å². The fourth-order valence-electron chi connectivity index (χ4n) is 1.98. The van der Waals surface area contributed by atoms with E-state index in [-0.39, 0.29) is 11.3 Å². The highest BCUT2D eigenvalue weighted by molar-refractivity contribution is 5.96. The maximum absolute atomic E-state index is 13.4. The second kappa shape index (κ2) is 7.54. The summed E-state index contributed by atoms with van der Waals surface area (Å²) >= 11 is 0. The van der Waals surface area contributed by atoms with Gasteiger partial charge in [0.25, 0.3) is 5.91 Å². The molecule has 7 heteroatoms. The molecule has 2 rings (SSSR count). The number of halogens is 2. The number of anilines is 1. The Morgan fingerprint density at radius 3 is 2.54 bits per heavy atom. The maximum Gasteiger partial charge on any atom is 0.338 e. The molecule has 0 aliphatic heterocycles. The molecule has 0 saturated heterocycles. The van der Waals surface area contributed by atoms with Gasteiger partial charge in [-0.25, -0.2) is 13.6 Å². The fourth-order valence-corrected chi connectivity index (χ4v) is 1.98. The van der Waals surface area contributed by atoms with Crippen molar-refractivity contribution in [2.45, 2.75) is 6.92 Å². The van der Waals surface area contributed by atoms with Gasteiger partial charge in [-0.2, -0.15) is 0 Å². The van der Waals surface area contributed by atoms with E-state index in [0.717, 1.165) is 18.2 Å². The predicted octanol–water partition coefficient (Wildman–Crippen LogP) is 3.08. The van der Waals surface area contributed by atoms with E-state index in [4.69, 9.17) is 9.47 Å². The van der Waals surface area contributed by atoms with Crippen molar-refractivity contribution < 1.29 is 27.8 Å². The molecule has 0 atom stereocenters. The number of esters is 1. The molecule has 2 aromatic rings. The summed E-state index contributed by atoms with van der Waals surface area (Å²) in [6, 6.07) is 7.41. The summed E-state index contributed by atoms with van der Waals surface area (Å²) in [7, 11) is 1.50. The third kappa shape index (κ3) is 4.28. The third-order valence-electron chi connectivity index (χ3n) is 3.19. The Hall–Kier alpha value is -2.96. The van der Waals surface area contributed by atoms with Crippen LogP contribution in [-0.4, -0.2) is 25.6 Å². The summed E-state index contributed by atoms with van der Waals surface area (Å²) in [4.78, 5) is 23.7. The largest absolute Gasteiger partial charge is 0.497 e. The molecular formula is C17H15F2NO4. The van der Waals surface area contributed by atoms with Crippen molar-refractivity contribution in [3.8, 4) is 5.75 Å². The fraction of sp³-hybridized carbons (Fsp3) is 0.176. The summed E-state index contributed by atoms with van der Waals surface area (Å²) in [5, 5.41) is 2.14. The smallest absolute Gasteiger partial charge is 0.338 e. The lowest BCUT2D eigenvalue weighted by Crippen LogP contribution is -2.21. The quantitative estimate of drug-likeness (QED) is 0.853. The first kappa shape index (κ1) is 17.4. The molecule has 0 fully saturated rings. The highest BCUT2D eigenvalue weighted by Gasteiger charge is 2.14. The normalized spacial score (nSPS) is 10.2. The van der Waals surface area contributed by atoms with Gasteiger partial charge in [0.15, 0.2) is 6.61 Å². The molecule has 0 saturated carbocycles. The molecule has 0 unspecified atom stereocenters. The molecule has 1 N–H and O–H groups in total. The third-order valence-corrected chi connectivity index (χ3v) is 3.19. The highest BCUT2D eigenvalue weighted by Crippen LogP contribution is 2.18. The molecule has 0 aromatic heterocycles. The van der Waals surface area contributed by atoms with Crippen molar-refractivity contribution in [1.82, 2.24) is 0 Å². The Labute approximate surface area is 137 Å². The Kier molecular flexibility index (Phi) is 5.47. The van der Waals surface area contributed by atoms with Crippen molar-refractivity contribution in [3.63, 3.8) is 0 Å². The molecular weight excluding hydrogens is 320 g/mol. The van der Waals surface area contributed by atoms with E-state index in [1.807, 2.05) is 0 Å². The lowest BCUT2D eigenvalue weighted by molar-refractivity contribution is -0.119. The molecule has 24 heavy (non-hydrogen) atoms. The Morgan fingerprint density at radius 2 is 1.88 bits per heavy atom. The number of methoxy groups -OCH3 is 1. The number of hydrogen-bond donors (Lipinski definition) is 1. The minimum atomic E-state index is -0.790. The zero-order chi connectivity index (χ0) is 17.7. The molecule has 0 bridgehead atoms. The summed E-state index contributed by atoms with van der Waals surface area (Å²) in [5.41, 5.74) is 0.577. The monoisotopic (exact) mass is 335 g/mol. The Bertz CT molecular complexity index is 777. The first-order chi connectivity index (χ1) is 11.4. The molecule has 0 aliphatic carbocycles. The first-order valence-electron chi connectivity index (χ1n) is 6.97. The Balaban J connectivity index is 1.96. The van der Waals surface area contributed by atoms with Gasteiger partial charge in [0.1, 0.15) is 17.4 Å². The molecule has 1 amide bonds. The van der Waals surface area contributed by atoms with E-state index >= 15 is 0 Å². The molecule has 0 heterocycles. The van der Waals surface area contributed by atoms with Crippen molar-refractivity contribution in [2.75, 3.05) is 19.0 Å². The number of nitrogens with one attached hydrogen (secondary N) is 1. The number of carbonyl (C=O) groups is 2. The molecule has 0 spiro atoms. The number of rotatable bonds is 5. The maximum atomic E-state index is 13.4. The first-order valence-corrected chi connectivity index (χ1v) is 6.97. The molecule has 126 valence electrons. The van der Waals surface area contributed by atoms with Gasteiger partial charge in [0, 0.05) is 6.07 Å². The summed E-state index contributed by atoms with van der Waals surface area (Å²) in [6.07, 6.45) is 0. The van der Waals surface area contributed by atoms with Gasteiger partial charge in [0.05, 0.1) is 18.4 Å². The highest BCUT2D eigenvalue weighted by atomic mass is 19.1. The second-order valence-corrected chi connectivity index (χ2v) is 4.93. The van der Waals surface area contributed by atoms with E-state index in [0.29, 0.717) is 11.3 Å². The Morgan fingerprint density at radius 1 is 1.12 bits per heavy atom. The van der Waals surface area contributed by atoms with Gasteiger partial charge in [-0.15, -0.1) is 0 Å². The van der Waals surface area contributed by atoms with Crippen molar-refractivity contribution in [1.29, 1.82) is 0 Å². The molecule has 5 nitrogen and oxygen atoms in total. The van der Waals surface area contributed by atoms with Crippen LogP contribution in [0.3, 0.4) is 0 Å². The van der Waals surface area contributed by atoms with Crippen molar-refractivity contribution >= 4 is 17.6 Å². The lowest BCUT2D eigenvalue weighted by atomic mass is 10.1. The van der Waals surface area contributed by atoms with Gasteiger partial charge >= 0.3 is 5.97 Å². The van der Waals surface area contributed by atoms with Crippen LogP contribution in [0, 0.1) is 18.6 Å². The van der Waals surface area contributed by atoms with Gasteiger partial charge < -0.3 is 14.8 Å². The lowest BCUT2D eigenvalue weighted by Gasteiger charge is -2.09. The molecule has 0 radical (unpaired) electrons. The van der Waals surface area contributed by atoms with Gasteiger partial charge in [0.2, 0.25) is 0 Å². The topological polar surface area (TPSA) is 64.6 Å². The van der Waals surface area contributed by atoms with Gasteiger partial charge in [-0.3, -0.25) is 4.79 Å². The van der Waals surface area contributed by atoms with Crippen LogP contribution in [0.5, 0.6) is 5.75 Å². The number of benzene rings is 2. The van der Waals surface area contributed by atoms with Crippen molar-refractivity contribution in [2.24, 2.45) is 0 Å². The zero-order valence-corrected chi connectivity index (χ0v) is 13.1. The second-order valence-electron chi connectivity index (χ2n) is 4.93. The zero-order valence-electron chi connectivity index (χ0n) is 13.1. The SMILES string of the molecule is COc1ccc(C(=O)OCC(=O)Nc2cc(F)ccc2F)c(C)c1. The standard InChI is InChI=1S/C17H15F2NO4/c1-10-7-12(23-2)4-5-13(10)17(22)24-9-16(21)20-15-8-11(18)3-6-14(15)19/h3-8H,9H2,1-2H3,(H,20,21). The van der Waals surface area contributed by atoms with Gasteiger partial charge in [-0.05, 0) is 42.8 Å². The average Bonchev–Trinajstić information content (AvgIpc) is 2.55. The van der Waals surface area contributed by atoms with Crippen LogP contribution in [0.1, 0.15) is 15.9 Å². The van der Waals surface area contributed by atoms with E-state index in [9.17, 15) is 18.4 Å². The minimum absolute atomic E-state index is 0.278. The minimum Gasteiger partial charge on any atom is -0.497 e. The summed E-state index contributed by atoms with van der Waals surface area (Å²) in [5.74, 6) is -2.38. The van der Waals surface area contributed by atoms with E-state index < -0.39 is 30.1 Å². The number of carbonyl (C=O) groups excluding carboxylic acids is 2. The van der Waals surface area contributed by atoms with E-state index in [2.05, 4.69) is 5.32 Å². The number of hydrogen-bond acceptors (Lipinski definition) is 4. The number of aryl methyl sites for hydroxylation is 1. The number of amides is 1. The van der Waals surface area contributed by atoms with Crippen LogP contribution in [0.25, 0.3) is 0 Å². The predicted molar refractivity (Wildman–Crippen MR) is 83.0 cm³/mol. The van der Waals surface area contributed by atoms with Crippen LogP contribution < -0.4 is 10.1 Å².